The number of ether oxygens (including phenoxy) is 1. The van der Waals surface area contributed by atoms with Crippen LogP contribution in [-0.2, 0) is 6.54 Å². The minimum Gasteiger partial charge on any atom is -0.491 e. The van der Waals surface area contributed by atoms with Gasteiger partial charge < -0.3 is 10.1 Å². The van der Waals surface area contributed by atoms with Gasteiger partial charge in [-0.1, -0.05) is 19.1 Å². The summed E-state index contributed by atoms with van der Waals surface area (Å²) in [5.74, 6) is -0.372. The molecule has 112 valence electrons. The van der Waals surface area contributed by atoms with Crippen LogP contribution in [0, 0.1) is 18.6 Å². The van der Waals surface area contributed by atoms with E-state index >= 15 is 0 Å². The van der Waals surface area contributed by atoms with Crippen LogP contribution in [0.3, 0.4) is 0 Å². The quantitative estimate of drug-likeness (QED) is 0.834. The minimum atomic E-state index is -0.571. The molecule has 0 atom stereocenters. The SMILES string of the molecule is CCCOc1cc(C)ccc1NCc1ccc(F)cc1F. The van der Waals surface area contributed by atoms with Gasteiger partial charge in [0.15, 0.2) is 0 Å². The molecule has 0 spiro atoms. The lowest BCUT2D eigenvalue weighted by Gasteiger charge is -2.14. The van der Waals surface area contributed by atoms with E-state index in [1.54, 1.807) is 0 Å². The van der Waals surface area contributed by atoms with Gasteiger partial charge in [0.2, 0.25) is 0 Å². The van der Waals surface area contributed by atoms with Crippen LogP contribution in [0.2, 0.25) is 0 Å². The molecule has 0 unspecified atom stereocenters. The molecule has 0 saturated carbocycles. The van der Waals surface area contributed by atoms with Crippen LogP contribution in [0.1, 0.15) is 24.5 Å². The summed E-state index contributed by atoms with van der Waals surface area (Å²) in [5, 5.41) is 3.14. The van der Waals surface area contributed by atoms with Gasteiger partial charge in [-0.25, -0.2) is 8.78 Å². The van der Waals surface area contributed by atoms with Gasteiger partial charge in [0.25, 0.3) is 0 Å². The maximum absolute atomic E-state index is 13.6. The van der Waals surface area contributed by atoms with Crippen molar-refractivity contribution in [1.29, 1.82) is 0 Å². The first kappa shape index (κ1) is 15.3. The minimum absolute atomic E-state index is 0.275. The van der Waals surface area contributed by atoms with E-state index in [0.717, 1.165) is 29.5 Å². The van der Waals surface area contributed by atoms with Gasteiger partial charge in [-0.2, -0.15) is 0 Å². The molecule has 2 nitrogen and oxygen atoms in total. The number of aryl methyl sites for hydroxylation is 1. The highest BCUT2D eigenvalue weighted by Crippen LogP contribution is 2.26. The predicted molar refractivity (Wildman–Crippen MR) is 80.6 cm³/mol. The molecule has 0 fully saturated rings. The average Bonchev–Trinajstić information content (AvgIpc) is 2.45. The highest BCUT2D eigenvalue weighted by Gasteiger charge is 2.07. The second kappa shape index (κ2) is 7.07. The lowest BCUT2D eigenvalue weighted by molar-refractivity contribution is 0.318. The Morgan fingerprint density at radius 1 is 1.10 bits per heavy atom. The summed E-state index contributed by atoms with van der Waals surface area (Å²) in [4.78, 5) is 0. The van der Waals surface area contributed by atoms with Crippen LogP contribution in [0.5, 0.6) is 5.75 Å². The van der Waals surface area contributed by atoms with E-state index in [0.29, 0.717) is 12.2 Å². The Hall–Kier alpha value is -2.10. The number of nitrogens with one attached hydrogen (secondary N) is 1. The van der Waals surface area contributed by atoms with E-state index in [-0.39, 0.29) is 6.54 Å². The Bertz CT molecular complexity index is 614. The van der Waals surface area contributed by atoms with Crippen molar-refractivity contribution in [3.05, 3.63) is 59.2 Å². The summed E-state index contributed by atoms with van der Waals surface area (Å²) in [6.07, 6.45) is 0.917. The Morgan fingerprint density at radius 2 is 1.90 bits per heavy atom. The summed E-state index contributed by atoms with van der Waals surface area (Å²) >= 11 is 0. The first-order chi connectivity index (χ1) is 10.1. The van der Waals surface area contributed by atoms with E-state index in [9.17, 15) is 8.78 Å². The number of hydrogen-bond donors (Lipinski definition) is 1. The predicted octanol–water partition coefficient (Wildman–Crippen LogP) is 4.67. The molecule has 2 rings (SSSR count). The van der Waals surface area contributed by atoms with Crippen LogP contribution in [0.4, 0.5) is 14.5 Å². The van der Waals surface area contributed by atoms with Crippen molar-refractivity contribution < 1.29 is 13.5 Å². The van der Waals surface area contributed by atoms with Gasteiger partial charge in [0.1, 0.15) is 17.4 Å². The van der Waals surface area contributed by atoms with E-state index < -0.39 is 11.6 Å². The molecule has 0 aliphatic heterocycles. The summed E-state index contributed by atoms with van der Waals surface area (Å²) in [7, 11) is 0. The third-order valence-electron chi connectivity index (χ3n) is 3.08. The molecule has 0 bridgehead atoms. The molecule has 0 saturated heterocycles. The molecule has 0 heterocycles. The Morgan fingerprint density at radius 3 is 2.62 bits per heavy atom. The van der Waals surface area contributed by atoms with Gasteiger partial charge in [-0.3, -0.25) is 0 Å². The number of anilines is 1. The smallest absolute Gasteiger partial charge is 0.142 e. The van der Waals surface area contributed by atoms with Crippen molar-refractivity contribution in [1.82, 2.24) is 0 Å². The molecule has 0 aliphatic rings. The van der Waals surface area contributed by atoms with Crippen molar-refractivity contribution in [2.75, 3.05) is 11.9 Å². The highest BCUT2D eigenvalue weighted by atomic mass is 19.1. The number of hydrogen-bond acceptors (Lipinski definition) is 2. The average molecular weight is 291 g/mol. The van der Waals surface area contributed by atoms with Gasteiger partial charge in [0, 0.05) is 18.2 Å². The Balaban J connectivity index is 2.11. The molecule has 0 radical (unpaired) electrons. The molecule has 1 N–H and O–H groups in total. The highest BCUT2D eigenvalue weighted by molar-refractivity contribution is 5.57. The van der Waals surface area contributed by atoms with Gasteiger partial charge in [-0.05, 0) is 37.1 Å². The largest absolute Gasteiger partial charge is 0.491 e. The lowest BCUT2D eigenvalue weighted by Crippen LogP contribution is -2.05. The molecule has 0 aliphatic carbocycles. The second-order valence-electron chi connectivity index (χ2n) is 4.94. The molecule has 0 amide bonds. The molecule has 2 aromatic carbocycles. The van der Waals surface area contributed by atoms with Crippen molar-refractivity contribution in [2.24, 2.45) is 0 Å². The summed E-state index contributed by atoms with van der Waals surface area (Å²) in [5.41, 5.74) is 2.32. The van der Waals surface area contributed by atoms with Gasteiger partial charge >= 0.3 is 0 Å². The monoisotopic (exact) mass is 291 g/mol. The molecule has 21 heavy (non-hydrogen) atoms. The second-order valence-corrected chi connectivity index (χ2v) is 4.94. The first-order valence-corrected chi connectivity index (χ1v) is 7.01. The maximum atomic E-state index is 13.6. The normalized spacial score (nSPS) is 10.5. The fourth-order valence-corrected chi connectivity index (χ4v) is 1.96. The van der Waals surface area contributed by atoms with E-state index in [1.807, 2.05) is 32.0 Å². The third-order valence-corrected chi connectivity index (χ3v) is 3.08. The zero-order chi connectivity index (χ0) is 15.2. The van der Waals surface area contributed by atoms with E-state index in [2.05, 4.69) is 5.32 Å². The third kappa shape index (κ3) is 4.18. The number of benzene rings is 2. The molecular formula is C17H19F2NO. The van der Waals surface area contributed by atoms with Crippen LogP contribution in [-0.4, -0.2) is 6.61 Å². The summed E-state index contributed by atoms with van der Waals surface area (Å²) < 4.78 is 32.2. The van der Waals surface area contributed by atoms with E-state index in [4.69, 9.17) is 4.74 Å². The van der Waals surface area contributed by atoms with Crippen molar-refractivity contribution >= 4 is 5.69 Å². The number of rotatable bonds is 6. The number of halogens is 2. The molecular weight excluding hydrogens is 272 g/mol. The van der Waals surface area contributed by atoms with Crippen molar-refractivity contribution in [3.63, 3.8) is 0 Å². The lowest BCUT2D eigenvalue weighted by atomic mass is 10.1. The molecule has 2 aromatic rings. The van der Waals surface area contributed by atoms with Crippen LogP contribution < -0.4 is 10.1 Å². The van der Waals surface area contributed by atoms with E-state index in [1.165, 1.54) is 12.1 Å². The first-order valence-electron chi connectivity index (χ1n) is 7.01. The zero-order valence-electron chi connectivity index (χ0n) is 12.2. The standard InChI is InChI=1S/C17H19F2NO/c1-3-8-21-17-9-12(2)4-7-16(17)20-11-13-5-6-14(18)10-15(13)19/h4-7,9-10,20H,3,8,11H2,1-2H3. The van der Waals surface area contributed by atoms with Crippen molar-refractivity contribution in [2.45, 2.75) is 26.8 Å². The van der Waals surface area contributed by atoms with Crippen molar-refractivity contribution in [3.8, 4) is 5.75 Å². The van der Waals surface area contributed by atoms with Crippen LogP contribution >= 0.6 is 0 Å². The van der Waals surface area contributed by atoms with Gasteiger partial charge in [0.05, 0.1) is 12.3 Å². The van der Waals surface area contributed by atoms with Gasteiger partial charge in [-0.15, -0.1) is 0 Å². The summed E-state index contributed by atoms with van der Waals surface area (Å²) in [6.45, 7) is 4.93. The van der Waals surface area contributed by atoms with Crippen LogP contribution in [0.15, 0.2) is 36.4 Å². The fourth-order valence-electron chi connectivity index (χ4n) is 1.96. The molecule has 4 heteroatoms. The summed E-state index contributed by atoms with van der Waals surface area (Å²) in [6, 6.07) is 9.39. The molecule has 0 aromatic heterocycles. The zero-order valence-corrected chi connectivity index (χ0v) is 12.2. The van der Waals surface area contributed by atoms with Crippen LogP contribution in [0.25, 0.3) is 0 Å². The maximum Gasteiger partial charge on any atom is 0.142 e. The Labute approximate surface area is 123 Å². The Kier molecular flexibility index (Phi) is 5.14. The topological polar surface area (TPSA) is 21.3 Å². The fraction of sp³-hybridized carbons (Fsp3) is 0.294.